The van der Waals surface area contributed by atoms with Gasteiger partial charge in [0.05, 0.1) is 41.0 Å². The van der Waals surface area contributed by atoms with E-state index in [-0.39, 0.29) is 24.8 Å². The predicted molar refractivity (Wildman–Crippen MR) is 123 cm³/mol. The first-order valence-corrected chi connectivity index (χ1v) is 11.7. The number of aliphatic hydroxyl groups is 1. The Kier molecular flexibility index (Phi) is 7.51. The number of urea groups is 1. The van der Waals surface area contributed by atoms with E-state index in [1.807, 2.05) is 19.2 Å². The molecule has 1 aromatic carbocycles. The Bertz CT molecular complexity index is 974. The summed E-state index contributed by atoms with van der Waals surface area (Å²) in [4.78, 5) is 24.0. The molecule has 2 aromatic rings. The molecule has 0 spiro atoms. The van der Waals surface area contributed by atoms with Crippen molar-refractivity contribution in [3.8, 4) is 0 Å². The van der Waals surface area contributed by atoms with Crippen LogP contribution in [0.5, 0.6) is 0 Å². The molecule has 0 radical (unpaired) electrons. The molecule has 7 nitrogen and oxygen atoms in total. The van der Waals surface area contributed by atoms with Gasteiger partial charge in [0.25, 0.3) is 0 Å². The number of nitrogens with one attached hydrogen (secondary N) is 1. The number of hydrogen-bond donors (Lipinski definition) is 2. The van der Waals surface area contributed by atoms with Gasteiger partial charge in [-0.2, -0.15) is 0 Å². The maximum absolute atomic E-state index is 12.9. The average Bonchev–Trinajstić information content (AvgIpc) is 2.80. The van der Waals surface area contributed by atoms with E-state index >= 15 is 0 Å². The van der Waals surface area contributed by atoms with Crippen molar-refractivity contribution < 1.29 is 14.6 Å². The molecule has 2 aliphatic rings. The summed E-state index contributed by atoms with van der Waals surface area (Å²) >= 11 is 12.1. The van der Waals surface area contributed by atoms with E-state index in [4.69, 9.17) is 32.9 Å². The van der Waals surface area contributed by atoms with Crippen molar-refractivity contribution in [3.63, 3.8) is 0 Å². The minimum atomic E-state index is -0.201. The van der Waals surface area contributed by atoms with Crippen molar-refractivity contribution in [2.45, 2.75) is 51.3 Å². The molecule has 0 unspecified atom stereocenters. The van der Waals surface area contributed by atoms with Gasteiger partial charge in [0.2, 0.25) is 0 Å². The highest BCUT2D eigenvalue weighted by atomic mass is 35.5. The highest BCUT2D eigenvalue weighted by molar-refractivity contribution is 6.42. The number of fused-ring (bicyclic) bond motifs is 1. The molecule has 4 rings (SSSR count). The smallest absolute Gasteiger partial charge is 0.318 e. The quantitative estimate of drug-likeness (QED) is 0.679. The van der Waals surface area contributed by atoms with Crippen LogP contribution < -0.4 is 5.32 Å². The minimum absolute atomic E-state index is 0.0479. The Labute approximate surface area is 198 Å². The molecule has 2 aliphatic heterocycles. The van der Waals surface area contributed by atoms with Gasteiger partial charge in [-0.3, -0.25) is 0 Å². The Morgan fingerprint density at radius 1 is 1.38 bits per heavy atom. The summed E-state index contributed by atoms with van der Waals surface area (Å²) in [6.45, 7) is 3.70. The molecule has 172 valence electrons. The number of nitrogens with zero attached hydrogens (tertiary/aromatic N) is 3. The lowest BCUT2D eigenvalue weighted by Crippen LogP contribution is -2.44. The van der Waals surface area contributed by atoms with Crippen molar-refractivity contribution in [3.05, 3.63) is 57.1 Å². The summed E-state index contributed by atoms with van der Waals surface area (Å²) in [5.74, 6) is 1.19. The van der Waals surface area contributed by atoms with Crippen LogP contribution in [0, 0.1) is 5.92 Å². The SMILES string of the molecule is C[C@@H](NC(=O)N1CCc2cnc(C[C@@H]3CCO[C@H](CO)C3)nc2C1)c1ccc(Cl)c(Cl)c1. The Balaban J connectivity index is 1.38. The van der Waals surface area contributed by atoms with Crippen LogP contribution >= 0.6 is 23.2 Å². The lowest BCUT2D eigenvalue weighted by Gasteiger charge is -2.30. The lowest BCUT2D eigenvalue weighted by atomic mass is 9.92. The average molecular weight is 479 g/mol. The second-order valence-corrected chi connectivity index (χ2v) is 9.36. The first-order chi connectivity index (χ1) is 15.4. The molecule has 0 bridgehead atoms. The molecule has 2 N–H and O–H groups in total. The summed E-state index contributed by atoms with van der Waals surface area (Å²) in [6.07, 6.45) is 5.05. The minimum Gasteiger partial charge on any atom is -0.394 e. The van der Waals surface area contributed by atoms with Crippen LogP contribution in [0.3, 0.4) is 0 Å². The third kappa shape index (κ3) is 5.52. The van der Waals surface area contributed by atoms with Crippen LogP contribution in [0.15, 0.2) is 24.4 Å². The van der Waals surface area contributed by atoms with Crippen molar-refractivity contribution in [2.75, 3.05) is 19.8 Å². The Morgan fingerprint density at radius 3 is 3.00 bits per heavy atom. The van der Waals surface area contributed by atoms with E-state index in [0.717, 1.165) is 48.3 Å². The van der Waals surface area contributed by atoms with Crippen LogP contribution in [0.4, 0.5) is 4.79 Å². The summed E-state index contributed by atoms with van der Waals surface area (Å²) in [5, 5.41) is 13.4. The molecule has 9 heteroatoms. The Morgan fingerprint density at radius 2 is 2.22 bits per heavy atom. The summed E-state index contributed by atoms with van der Waals surface area (Å²) in [5.41, 5.74) is 2.90. The van der Waals surface area contributed by atoms with Gasteiger partial charge in [-0.1, -0.05) is 29.3 Å². The molecular formula is C23H28Cl2N4O3. The van der Waals surface area contributed by atoms with Crippen LogP contribution in [0.2, 0.25) is 10.0 Å². The maximum atomic E-state index is 12.9. The number of carbonyl (C=O) groups is 1. The zero-order valence-corrected chi connectivity index (χ0v) is 19.6. The van der Waals surface area contributed by atoms with Crippen molar-refractivity contribution >= 4 is 29.2 Å². The van der Waals surface area contributed by atoms with E-state index in [2.05, 4.69) is 10.3 Å². The van der Waals surface area contributed by atoms with Crippen molar-refractivity contribution in [1.29, 1.82) is 0 Å². The van der Waals surface area contributed by atoms with Crippen LogP contribution in [-0.2, 0) is 24.1 Å². The third-order valence-electron chi connectivity index (χ3n) is 6.22. The molecule has 3 heterocycles. The topological polar surface area (TPSA) is 87.6 Å². The van der Waals surface area contributed by atoms with Gasteiger partial charge in [0, 0.05) is 25.8 Å². The number of carbonyl (C=O) groups excluding carboxylic acids is 1. The van der Waals surface area contributed by atoms with Gasteiger partial charge in [-0.05, 0) is 55.4 Å². The third-order valence-corrected chi connectivity index (χ3v) is 6.96. The van der Waals surface area contributed by atoms with E-state index in [9.17, 15) is 9.90 Å². The van der Waals surface area contributed by atoms with Crippen LogP contribution in [0.25, 0.3) is 0 Å². The van der Waals surface area contributed by atoms with E-state index < -0.39 is 0 Å². The van der Waals surface area contributed by atoms with Gasteiger partial charge in [-0.25, -0.2) is 14.8 Å². The van der Waals surface area contributed by atoms with Crippen molar-refractivity contribution in [1.82, 2.24) is 20.2 Å². The zero-order chi connectivity index (χ0) is 22.7. The summed E-state index contributed by atoms with van der Waals surface area (Å²) in [7, 11) is 0. The maximum Gasteiger partial charge on any atom is 0.318 e. The first kappa shape index (κ1) is 23.2. The number of aromatic nitrogens is 2. The number of rotatable bonds is 5. The van der Waals surface area contributed by atoms with Crippen LogP contribution in [-0.4, -0.2) is 51.9 Å². The van der Waals surface area contributed by atoms with Crippen molar-refractivity contribution in [2.24, 2.45) is 5.92 Å². The first-order valence-electron chi connectivity index (χ1n) is 11.0. The van der Waals surface area contributed by atoms with Gasteiger partial charge in [-0.15, -0.1) is 0 Å². The predicted octanol–water partition coefficient (Wildman–Crippen LogP) is 3.94. The lowest BCUT2D eigenvalue weighted by molar-refractivity contribution is -0.0377. The van der Waals surface area contributed by atoms with Gasteiger partial charge in [0.1, 0.15) is 5.82 Å². The summed E-state index contributed by atoms with van der Waals surface area (Å²) < 4.78 is 5.55. The molecule has 2 amide bonds. The fourth-order valence-corrected chi connectivity index (χ4v) is 4.59. The monoisotopic (exact) mass is 478 g/mol. The zero-order valence-electron chi connectivity index (χ0n) is 18.1. The van der Waals surface area contributed by atoms with Gasteiger partial charge < -0.3 is 20.1 Å². The number of ether oxygens (including phenoxy) is 1. The molecule has 1 fully saturated rings. The Hall–Kier alpha value is -1.93. The fraction of sp³-hybridized carbons (Fsp3) is 0.522. The number of amides is 2. The number of benzene rings is 1. The molecular weight excluding hydrogens is 451 g/mol. The molecule has 32 heavy (non-hydrogen) atoms. The normalized spacial score (nSPS) is 21.7. The largest absolute Gasteiger partial charge is 0.394 e. The van der Waals surface area contributed by atoms with E-state index in [0.29, 0.717) is 35.7 Å². The molecule has 1 saturated heterocycles. The molecule has 0 saturated carbocycles. The highest BCUT2D eigenvalue weighted by Gasteiger charge is 2.26. The number of aliphatic hydroxyl groups excluding tert-OH is 1. The molecule has 0 aliphatic carbocycles. The van der Waals surface area contributed by atoms with E-state index in [1.54, 1.807) is 17.0 Å². The number of hydrogen-bond acceptors (Lipinski definition) is 5. The second kappa shape index (κ2) is 10.3. The summed E-state index contributed by atoms with van der Waals surface area (Å²) in [6, 6.07) is 5.04. The molecule has 3 atom stereocenters. The highest BCUT2D eigenvalue weighted by Crippen LogP contribution is 2.27. The van der Waals surface area contributed by atoms with Crippen LogP contribution in [0.1, 0.15) is 48.5 Å². The standard InChI is InChI=1S/C23H28Cl2N4O3/c1-14(16-2-3-19(24)20(25)10-16)27-23(31)29-6-4-17-11-26-22(28-21(17)12-29)9-15-5-7-32-18(8-15)13-30/h2-3,10-11,14-15,18,30H,4-9,12-13H2,1H3,(H,27,31)/t14-,15-,18+/m1/s1. The van der Waals surface area contributed by atoms with E-state index in [1.165, 1.54) is 0 Å². The van der Waals surface area contributed by atoms with Gasteiger partial charge >= 0.3 is 6.03 Å². The second-order valence-electron chi connectivity index (χ2n) is 8.54. The van der Waals surface area contributed by atoms with Gasteiger partial charge in [0.15, 0.2) is 0 Å². The number of halogens is 2. The molecule has 1 aromatic heterocycles. The fourth-order valence-electron chi connectivity index (χ4n) is 4.29.